The largest absolute Gasteiger partial charge is 0.370 e. The van der Waals surface area contributed by atoms with E-state index in [1.807, 2.05) is 0 Å². The third-order valence-corrected chi connectivity index (χ3v) is 5.41. The predicted octanol–water partition coefficient (Wildman–Crippen LogP) is 1.43. The monoisotopic (exact) mass is 341 g/mol. The third-order valence-electron chi connectivity index (χ3n) is 3.18. The molecule has 9 heteroatoms. The molecule has 2 rings (SSSR count). The maximum atomic E-state index is 12.4. The van der Waals surface area contributed by atoms with Crippen molar-refractivity contribution in [1.29, 1.82) is 0 Å². The number of nitrogens with two attached hydrogens (primary N) is 2. The molecule has 0 fully saturated rings. The molecule has 0 amide bonds. The van der Waals surface area contributed by atoms with Crippen molar-refractivity contribution in [1.82, 2.24) is 9.29 Å². The summed E-state index contributed by atoms with van der Waals surface area (Å²) in [6.07, 6.45) is 1.41. The number of pyridine rings is 1. The first kappa shape index (κ1) is 16.5. The van der Waals surface area contributed by atoms with E-state index < -0.39 is 10.0 Å². The molecule has 2 aromatic rings. The second-order valence-electron chi connectivity index (χ2n) is 4.59. The average molecular weight is 342 g/mol. The van der Waals surface area contributed by atoms with Crippen LogP contribution in [0, 0.1) is 0 Å². The molecule has 1 aromatic heterocycles. The fraction of sp³-hybridized carbons (Fsp3) is 0.231. The van der Waals surface area contributed by atoms with E-state index in [4.69, 9.17) is 23.1 Å². The van der Waals surface area contributed by atoms with Gasteiger partial charge < -0.3 is 11.5 Å². The molecule has 0 radical (unpaired) electrons. The molecule has 1 aromatic carbocycles. The summed E-state index contributed by atoms with van der Waals surface area (Å²) in [5.41, 5.74) is 10.8. The molecule has 0 aliphatic rings. The molecule has 0 aliphatic heterocycles. The van der Waals surface area contributed by atoms with Crippen LogP contribution < -0.4 is 11.5 Å². The van der Waals surface area contributed by atoms with Gasteiger partial charge in [0.25, 0.3) is 0 Å². The molecule has 0 aliphatic carbocycles. The van der Waals surface area contributed by atoms with Crippen molar-refractivity contribution in [2.45, 2.75) is 11.8 Å². The molecular weight excluding hydrogens is 326 g/mol. The fourth-order valence-corrected chi connectivity index (χ4v) is 3.32. The Bertz CT molecular complexity index is 847. The summed E-state index contributed by atoms with van der Waals surface area (Å²) in [7, 11) is -2.08. The van der Waals surface area contributed by atoms with Crippen LogP contribution in [0.4, 0.5) is 5.82 Å². The smallest absolute Gasteiger partial charge is 0.242 e. The maximum absolute atomic E-state index is 12.4. The molecule has 0 atom stereocenters. The van der Waals surface area contributed by atoms with E-state index in [2.05, 4.69) is 9.98 Å². The van der Waals surface area contributed by atoms with Crippen molar-refractivity contribution in [3.8, 4) is 0 Å². The Kier molecular flexibility index (Phi) is 4.55. The highest BCUT2D eigenvalue weighted by molar-refractivity contribution is 7.89. The second-order valence-corrected chi connectivity index (χ2v) is 7.05. The molecule has 4 N–H and O–H groups in total. The summed E-state index contributed by atoms with van der Waals surface area (Å²) < 4.78 is 26.1. The highest BCUT2D eigenvalue weighted by atomic mass is 35.5. The van der Waals surface area contributed by atoms with Crippen LogP contribution in [-0.2, 0) is 10.0 Å². The van der Waals surface area contributed by atoms with Gasteiger partial charge in [-0.15, -0.1) is 0 Å². The van der Waals surface area contributed by atoms with E-state index in [0.29, 0.717) is 22.3 Å². The first-order valence-corrected chi connectivity index (χ1v) is 8.23. The Morgan fingerprint density at radius 2 is 2.05 bits per heavy atom. The number of aromatic nitrogens is 1. The van der Waals surface area contributed by atoms with Crippen molar-refractivity contribution < 1.29 is 8.42 Å². The topological polar surface area (TPSA) is 115 Å². The Morgan fingerprint density at radius 1 is 1.36 bits per heavy atom. The predicted molar refractivity (Wildman–Crippen MR) is 87.7 cm³/mol. The summed E-state index contributed by atoms with van der Waals surface area (Å²) in [6, 6.07) is 4.58. The van der Waals surface area contributed by atoms with Crippen LogP contribution in [0.1, 0.15) is 6.92 Å². The summed E-state index contributed by atoms with van der Waals surface area (Å²) in [6.45, 7) is 2.11. The number of guanidine groups is 1. The van der Waals surface area contributed by atoms with E-state index in [1.54, 1.807) is 13.0 Å². The van der Waals surface area contributed by atoms with Gasteiger partial charge in [0.2, 0.25) is 10.0 Å². The van der Waals surface area contributed by atoms with Crippen LogP contribution in [0.15, 0.2) is 34.3 Å². The van der Waals surface area contributed by atoms with Crippen molar-refractivity contribution in [3.63, 3.8) is 0 Å². The third kappa shape index (κ3) is 2.99. The second kappa shape index (κ2) is 6.07. The zero-order valence-corrected chi connectivity index (χ0v) is 13.7. The van der Waals surface area contributed by atoms with Gasteiger partial charge in [-0.05, 0) is 12.1 Å². The van der Waals surface area contributed by atoms with Crippen molar-refractivity contribution in [2.24, 2.45) is 16.5 Å². The summed E-state index contributed by atoms with van der Waals surface area (Å²) >= 11 is 6.09. The highest BCUT2D eigenvalue weighted by Gasteiger charge is 2.20. The number of halogens is 1. The van der Waals surface area contributed by atoms with Gasteiger partial charge in [-0.2, -0.15) is 4.99 Å². The first-order valence-electron chi connectivity index (χ1n) is 6.41. The molecular formula is C13H16ClN5O2S. The lowest BCUT2D eigenvalue weighted by atomic mass is 10.1. The van der Waals surface area contributed by atoms with Crippen molar-refractivity contribution >= 4 is 44.2 Å². The minimum Gasteiger partial charge on any atom is -0.370 e. The van der Waals surface area contributed by atoms with Gasteiger partial charge in [0.1, 0.15) is 0 Å². The van der Waals surface area contributed by atoms with Crippen molar-refractivity contribution in [2.75, 3.05) is 13.6 Å². The number of hydrogen-bond donors (Lipinski definition) is 2. The lowest BCUT2D eigenvalue weighted by Crippen LogP contribution is -2.26. The lowest BCUT2D eigenvalue weighted by Gasteiger charge is -2.15. The van der Waals surface area contributed by atoms with Gasteiger partial charge >= 0.3 is 0 Å². The molecule has 0 saturated heterocycles. The average Bonchev–Trinajstić information content (AvgIpc) is 2.48. The van der Waals surface area contributed by atoms with Crippen LogP contribution in [-0.4, -0.2) is 37.3 Å². The van der Waals surface area contributed by atoms with Crippen LogP contribution in [0.3, 0.4) is 0 Å². The van der Waals surface area contributed by atoms with Crippen LogP contribution in [0.25, 0.3) is 10.8 Å². The van der Waals surface area contributed by atoms with Crippen LogP contribution in [0.2, 0.25) is 5.02 Å². The number of fused-ring (bicyclic) bond motifs is 1. The zero-order valence-electron chi connectivity index (χ0n) is 12.1. The van der Waals surface area contributed by atoms with Gasteiger partial charge in [0.15, 0.2) is 11.8 Å². The van der Waals surface area contributed by atoms with Gasteiger partial charge in [0.05, 0.1) is 9.92 Å². The summed E-state index contributed by atoms with van der Waals surface area (Å²) in [4.78, 5) is 8.08. The van der Waals surface area contributed by atoms with Crippen molar-refractivity contribution in [3.05, 3.63) is 29.4 Å². The van der Waals surface area contributed by atoms with E-state index >= 15 is 0 Å². The molecule has 22 heavy (non-hydrogen) atoms. The minimum atomic E-state index is -3.59. The van der Waals surface area contributed by atoms with Crippen LogP contribution in [0.5, 0.6) is 0 Å². The highest BCUT2D eigenvalue weighted by Crippen LogP contribution is 2.31. The number of hydrogen-bond acceptors (Lipinski definition) is 4. The number of sulfonamides is 1. The number of aliphatic imine (C=N–C) groups is 1. The van der Waals surface area contributed by atoms with E-state index in [1.165, 1.54) is 29.7 Å². The SMILES string of the molecule is CCN(C)S(=O)(=O)c1ccc2c(Cl)cnc(N=C(N)N)c2c1. The lowest BCUT2D eigenvalue weighted by molar-refractivity contribution is 0.486. The Morgan fingerprint density at radius 3 is 2.64 bits per heavy atom. The Balaban J connectivity index is 2.75. The minimum absolute atomic E-state index is 0.125. The number of nitrogens with zero attached hydrogens (tertiary/aromatic N) is 3. The normalized spacial score (nSPS) is 11.8. The van der Waals surface area contributed by atoms with Crippen LogP contribution >= 0.6 is 11.6 Å². The summed E-state index contributed by atoms with van der Waals surface area (Å²) in [5.74, 6) is 0.0469. The quantitative estimate of drug-likeness (QED) is 0.645. The Labute approximate surface area is 133 Å². The molecule has 0 bridgehead atoms. The van der Waals surface area contributed by atoms with Gasteiger partial charge in [-0.25, -0.2) is 17.7 Å². The van der Waals surface area contributed by atoms with E-state index in [0.717, 1.165) is 0 Å². The zero-order chi connectivity index (χ0) is 16.5. The van der Waals surface area contributed by atoms with E-state index in [-0.39, 0.29) is 16.7 Å². The first-order chi connectivity index (χ1) is 10.3. The van der Waals surface area contributed by atoms with Gasteiger partial charge in [-0.1, -0.05) is 24.6 Å². The van der Waals surface area contributed by atoms with Gasteiger partial charge in [-0.3, -0.25) is 0 Å². The molecule has 7 nitrogen and oxygen atoms in total. The number of benzene rings is 1. The Hall–Kier alpha value is -1.90. The molecule has 0 saturated carbocycles. The maximum Gasteiger partial charge on any atom is 0.242 e. The molecule has 0 unspecified atom stereocenters. The standard InChI is InChI=1S/C13H16ClN5O2S/c1-3-19(2)22(20,21)8-4-5-9-10(6-8)12(18-13(15)16)17-7-11(9)14/h4-7H,3H2,1-2H3,(H4,15,16,17,18). The molecule has 1 heterocycles. The summed E-state index contributed by atoms with van der Waals surface area (Å²) in [5, 5.41) is 1.47. The molecule has 0 spiro atoms. The fourth-order valence-electron chi connectivity index (χ4n) is 1.90. The molecule has 118 valence electrons. The van der Waals surface area contributed by atoms with Gasteiger partial charge in [0, 0.05) is 30.6 Å². The number of rotatable bonds is 4. The van der Waals surface area contributed by atoms with E-state index in [9.17, 15) is 8.42 Å².